The van der Waals surface area contributed by atoms with Gasteiger partial charge < -0.3 is 4.90 Å². The molecule has 1 unspecified atom stereocenters. The normalized spacial score (nSPS) is 19.9. The summed E-state index contributed by atoms with van der Waals surface area (Å²) in [6.45, 7) is 0. The first-order chi connectivity index (χ1) is 7.33. The van der Waals surface area contributed by atoms with Crippen LogP contribution in [0.3, 0.4) is 0 Å². The molecule has 3 nitrogen and oxygen atoms in total. The molecule has 15 heavy (non-hydrogen) atoms. The Balaban J connectivity index is 2.24. The van der Waals surface area contributed by atoms with Gasteiger partial charge in [-0.2, -0.15) is 17.0 Å². The number of nitrogens with zero attached hydrogens (tertiary/aromatic N) is 3. The minimum atomic E-state index is 0.525. The van der Waals surface area contributed by atoms with Gasteiger partial charge in [0.15, 0.2) is 5.69 Å². The number of rotatable bonds is 2. The van der Waals surface area contributed by atoms with Crippen LogP contribution in [0.2, 0.25) is 0 Å². The number of hydrogen-bond donors (Lipinski definition) is 0. The second kappa shape index (κ2) is 4.54. The van der Waals surface area contributed by atoms with Crippen LogP contribution in [0.4, 0.5) is 5.69 Å². The Labute approximate surface area is 94.1 Å². The van der Waals surface area contributed by atoms with Crippen LogP contribution >= 0.6 is 11.8 Å². The summed E-state index contributed by atoms with van der Waals surface area (Å²) >= 11 is 1.97. The van der Waals surface area contributed by atoms with E-state index in [1.165, 1.54) is 12.2 Å². The summed E-state index contributed by atoms with van der Waals surface area (Å²) in [7, 11) is 2.05. The van der Waals surface area contributed by atoms with Crippen LogP contribution in [-0.4, -0.2) is 29.6 Å². The lowest BCUT2D eigenvalue weighted by Crippen LogP contribution is -2.31. The molecule has 78 valence electrons. The topological polar surface area (TPSA) is 39.9 Å². The zero-order valence-electron chi connectivity index (χ0n) is 8.68. The van der Waals surface area contributed by atoms with Crippen molar-refractivity contribution in [3.63, 3.8) is 0 Å². The molecule has 1 aromatic heterocycles. The summed E-state index contributed by atoms with van der Waals surface area (Å²) in [6.07, 6.45) is 2.86. The molecule has 0 N–H and O–H groups in total. The predicted octanol–water partition coefficient (Wildman–Crippen LogP) is 1.89. The van der Waals surface area contributed by atoms with Crippen LogP contribution in [0.5, 0.6) is 0 Å². The van der Waals surface area contributed by atoms with E-state index in [0.717, 1.165) is 11.4 Å². The number of hydrogen-bond acceptors (Lipinski definition) is 4. The highest BCUT2D eigenvalue weighted by atomic mass is 32.2. The van der Waals surface area contributed by atoms with Crippen LogP contribution in [-0.2, 0) is 0 Å². The number of anilines is 1. The fourth-order valence-electron chi connectivity index (χ4n) is 1.79. The molecule has 1 aliphatic heterocycles. The maximum Gasteiger partial charge on any atom is 0.163 e. The Hall–Kier alpha value is -1.21. The first kappa shape index (κ1) is 10.3. The molecule has 0 aliphatic carbocycles. The standard InChI is InChI=1S/C11H13N3S/c1-14(9-4-6-15-8-9)11-3-2-5-13-10(11)7-12/h2-3,5,9H,4,6,8H2,1H3. The molecule has 0 bridgehead atoms. The minimum Gasteiger partial charge on any atom is -0.368 e. The van der Waals surface area contributed by atoms with E-state index in [9.17, 15) is 0 Å². The second-order valence-electron chi connectivity index (χ2n) is 3.61. The number of aromatic nitrogens is 1. The van der Waals surface area contributed by atoms with Gasteiger partial charge in [0.25, 0.3) is 0 Å². The molecule has 1 aliphatic rings. The summed E-state index contributed by atoms with van der Waals surface area (Å²) in [5.41, 5.74) is 1.48. The minimum absolute atomic E-state index is 0.525. The Morgan fingerprint density at radius 3 is 3.20 bits per heavy atom. The van der Waals surface area contributed by atoms with E-state index in [1.54, 1.807) is 6.20 Å². The predicted molar refractivity (Wildman–Crippen MR) is 63.1 cm³/mol. The van der Waals surface area contributed by atoms with E-state index in [0.29, 0.717) is 11.7 Å². The lowest BCUT2D eigenvalue weighted by Gasteiger charge is -2.26. The maximum absolute atomic E-state index is 8.97. The van der Waals surface area contributed by atoms with Crippen molar-refractivity contribution < 1.29 is 0 Å². The van der Waals surface area contributed by atoms with Crippen molar-refractivity contribution in [1.29, 1.82) is 5.26 Å². The quantitative estimate of drug-likeness (QED) is 0.761. The van der Waals surface area contributed by atoms with E-state index >= 15 is 0 Å². The second-order valence-corrected chi connectivity index (χ2v) is 4.76. The van der Waals surface area contributed by atoms with Crippen molar-refractivity contribution in [2.75, 3.05) is 23.5 Å². The van der Waals surface area contributed by atoms with Crippen molar-refractivity contribution >= 4 is 17.4 Å². The van der Waals surface area contributed by atoms with Crippen molar-refractivity contribution in [3.8, 4) is 6.07 Å². The largest absolute Gasteiger partial charge is 0.368 e. The molecule has 0 saturated carbocycles. The zero-order chi connectivity index (χ0) is 10.7. The Morgan fingerprint density at radius 1 is 1.67 bits per heavy atom. The first-order valence-electron chi connectivity index (χ1n) is 4.98. The SMILES string of the molecule is CN(c1cccnc1C#N)C1CCSC1. The van der Waals surface area contributed by atoms with Crippen molar-refractivity contribution in [3.05, 3.63) is 24.0 Å². The average Bonchev–Trinajstić information content (AvgIpc) is 2.81. The van der Waals surface area contributed by atoms with Gasteiger partial charge in [0.05, 0.1) is 5.69 Å². The van der Waals surface area contributed by atoms with Crippen LogP contribution in [0.1, 0.15) is 12.1 Å². The Kier molecular flexibility index (Phi) is 3.12. The molecule has 1 aromatic rings. The molecule has 1 fully saturated rings. The van der Waals surface area contributed by atoms with Crippen LogP contribution in [0.15, 0.2) is 18.3 Å². The number of pyridine rings is 1. The van der Waals surface area contributed by atoms with E-state index in [2.05, 4.69) is 23.0 Å². The van der Waals surface area contributed by atoms with Gasteiger partial charge in [-0.25, -0.2) is 4.98 Å². The Morgan fingerprint density at radius 2 is 2.53 bits per heavy atom. The first-order valence-corrected chi connectivity index (χ1v) is 6.14. The van der Waals surface area contributed by atoms with Gasteiger partial charge in [-0.1, -0.05) is 0 Å². The summed E-state index contributed by atoms with van der Waals surface area (Å²) < 4.78 is 0. The highest BCUT2D eigenvalue weighted by Crippen LogP contribution is 2.26. The zero-order valence-corrected chi connectivity index (χ0v) is 9.50. The third kappa shape index (κ3) is 2.07. The molecule has 0 radical (unpaired) electrons. The lowest BCUT2D eigenvalue weighted by atomic mass is 10.2. The molecule has 2 rings (SSSR count). The van der Waals surface area contributed by atoms with Crippen molar-refractivity contribution in [2.45, 2.75) is 12.5 Å². The third-order valence-corrected chi connectivity index (χ3v) is 3.87. The molecule has 2 heterocycles. The molecular formula is C11H13N3S. The van der Waals surface area contributed by atoms with Gasteiger partial charge in [0, 0.05) is 25.0 Å². The summed E-state index contributed by atoms with van der Waals surface area (Å²) in [4.78, 5) is 6.27. The monoisotopic (exact) mass is 219 g/mol. The van der Waals surface area contributed by atoms with Gasteiger partial charge in [-0.15, -0.1) is 0 Å². The van der Waals surface area contributed by atoms with E-state index < -0.39 is 0 Å². The molecule has 0 amide bonds. The molecule has 1 saturated heterocycles. The van der Waals surface area contributed by atoms with Gasteiger partial charge in [0.2, 0.25) is 0 Å². The summed E-state index contributed by atoms with van der Waals surface area (Å²) in [6, 6.07) is 6.54. The molecule has 0 aromatic carbocycles. The van der Waals surface area contributed by atoms with Crippen LogP contribution in [0.25, 0.3) is 0 Å². The van der Waals surface area contributed by atoms with Gasteiger partial charge in [-0.05, 0) is 24.3 Å². The van der Waals surface area contributed by atoms with E-state index in [-0.39, 0.29) is 0 Å². The highest BCUT2D eigenvalue weighted by Gasteiger charge is 2.22. The third-order valence-electron chi connectivity index (χ3n) is 2.73. The summed E-state index contributed by atoms with van der Waals surface area (Å²) in [5.74, 6) is 2.37. The van der Waals surface area contributed by atoms with E-state index in [1.807, 2.05) is 23.9 Å². The van der Waals surface area contributed by atoms with Gasteiger partial charge in [0.1, 0.15) is 6.07 Å². The van der Waals surface area contributed by atoms with Crippen molar-refractivity contribution in [1.82, 2.24) is 4.98 Å². The Bertz CT molecular complexity index is 380. The number of nitriles is 1. The van der Waals surface area contributed by atoms with Gasteiger partial charge in [-0.3, -0.25) is 0 Å². The van der Waals surface area contributed by atoms with Crippen molar-refractivity contribution in [2.24, 2.45) is 0 Å². The molecular weight excluding hydrogens is 206 g/mol. The smallest absolute Gasteiger partial charge is 0.163 e. The van der Waals surface area contributed by atoms with Gasteiger partial charge >= 0.3 is 0 Å². The lowest BCUT2D eigenvalue weighted by molar-refractivity contribution is 0.698. The fraction of sp³-hybridized carbons (Fsp3) is 0.455. The molecule has 1 atom stereocenters. The molecule has 0 spiro atoms. The fourth-order valence-corrected chi connectivity index (χ4v) is 3.06. The molecule has 4 heteroatoms. The number of thioether (sulfide) groups is 1. The van der Waals surface area contributed by atoms with Crippen LogP contribution < -0.4 is 4.90 Å². The van der Waals surface area contributed by atoms with Crippen LogP contribution in [0, 0.1) is 11.3 Å². The maximum atomic E-state index is 8.97. The average molecular weight is 219 g/mol. The highest BCUT2D eigenvalue weighted by molar-refractivity contribution is 7.99. The van der Waals surface area contributed by atoms with E-state index in [4.69, 9.17) is 5.26 Å². The summed E-state index contributed by atoms with van der Waals surface area (Å²) in [5, 5.41) is 8.97.